The fourth-order valence-electron chi connectivity index (χ4n) is 4.03. The number of nitrogens with two attached hydrogens (primary N) is 1. The van der Waals surface area contributed by atoms with Crippen LogP contribution in [-0.2, 0) is 0 Å². The summed E-state index contributed by atoms with van der Waals surface area (Å²) in [5, 5.41) is 9.84. The van der Waals surface area contributed by atoms with Crippen molar-refractivity contribution in [1.29, 1.82) is 0 Å². The van der Waals surface area contributed by atoms with Gasteiger partial charge in [0.25, 0.3) is 0 Å². The summed E-state index contributed by atoms with van der Waals surface area (Å²) >= 11 is 0. The molecule has 2 unspecified atom stereocenters. The van der Waals surface area contributed by atoms with Gasteiger partial charge in [0.2, 0.25) is 0 Å². The summed E-state index contributed by atoms with van der Waals surface area (Å²) in [5.41, 5.74) is 12.8. The minimum atomic E-state index is 0.154. The Morgan fingerprint density at radius 2 is 1.58 bits per heavy atom. The topological polar surface area (TPSA) is 55.5 Å². The summed E-state index contributed by atoms with van der Waals surface area (Å²) < 4.78 is 6.04. The van der Waals surface area contributed by atoms with E-state index in [1.165, 1.54) is 22.3 Å². The van der Waals surface area contributed by atoms with Crippen molar-refractivity contribution in [3.05, 3.63) is 88.5 Å². The average Bonchev–Trinajstić information content (AvgIpc) is 2.60. The van der Waals surface area contributed by atoms with Gasteiger partial charge in [-0.05, 0) is 43.2 Å². The molecule has 3 heteroatoms. The Morgan fingerprint density at radius 3 is 2.27 bits per heavy atom. The van der Waals surface area contributed by atoms with E-state index in [2.05, 4.69) is 44.2 Å². The van der Waals surface area contributed by atoms with Crippen LogP contribution in [0.3, 0.4) is 0 Å². The van der Waals surface area contributed by atoms with E-state index in [-0.39, 0.29) is 17.6 Å². The molecule has 0 fully saturated rings. The molecule has 132 valence electrons. The lowest BCUT2D eigenvalue weighted by Gasteiger charge is -2.35. The molecule has 4 rings (SSSR count). The maximum Gasteiger partial charge on any atom is 0.126 e. The van der Waals surface area contributed by atoms with Crippen LogP contribution < -0.4 is 10.5 Å². The van der Waals surface area contributed by atoms with Gasteiger partial charge >= 0.3 is 0 Å². The Labute approximate surface area is 154 Å². The highest BCUT2D eigenvalue weighted by Crippen LogP contribution is 2.47. The molecule has 0 saturated heterocycles. The van der Waals surface area contributed by atoms with Crippen LogP contribution in [0.2, 0.25) is 0 Å². The monoisotopic (exact) mass is 345 g/mol. The van der Waals surface area contributed by atoms with Crippen molar-refractivity contribution < 1.29 is 9.84 Å². The van der Waals surface area contributed by atoms with Crippen molar-refractivity contribution in [2.24, 2.45) is 0 Å². The molecule has 0 amide bonds. The Hall–Kier alpha value is -2.94. The van der Waals surface area contributed by atoms with E-state index in [1.54, 1.807) is 12.1 Å². The first kappa shape index (κ1) is 16.5. The first-order valence-electron chi connectivity index (χ1n) is 8.90. The van der Waals surface area contributed by atoms with E-state index < -0.39 is 0 Å². The lowest BCUT2D eigenvalue weighted by atomic mass is 9.75. The molecule has 3 nitrogen and oxygen atoms in total. The molecule has 3 aromatic carbocycles. The number of rotatable bonds is 2. The van der Waals surface area contributed by atoms with E-state index in [4.69, 9.17) is 10.5 Å². The van der Waals surface area contributed by atoms with Crippen molar-refractivity contribution in [3.63, 3.8) is 0 Å². The molecule has 3 N–H and O–H groups in total. The Bertz CT molecular complexity index is 927. The number of hydrogen-bond donors (Lipinski definition) is 2. The Kier molecular flexibility index (Phi) is 4.08. The third-order valence-electron chi connectivity index (χ3n) is 5.12. The predicted octanol–water partition coefficient (Wildman–Crippen LogP) is 4.90. The van der Waals surface area contributed by atoms with Crippen LogP contribution in [0.25, 0.3) is 0 Å². The van der Waals surface area contributed by atoms with Gasteiger partial charge in [-0.2, -0.15) is 0 Å². The van der Waals surface area contributed by atoms with E-state index in [9.17, 15) is 5.11 Å². The van der Waals surface area contributed by atoms with Gasteiger partial charge < -0.3 is 15.6 Å². The van der Waals surface area contributed by atoms with Crippen LogP contribution >= 0.6 is 0 Å². The van der Waals surface area contributed by atoms with Crippen LogP contribution in [0.4, 0.5) is 5.69 Å². The summed E-state index contributed by atoms with van der Waals surface area (Å²) in [5.74, 6) is 1.34. The van der Waals surface area contributed by atoms with Gasteiger partial charge in [0.05, 0.1) is 6.61 Å². The summed E-state index contributed by atoms with van der Waals surface area (Å²) in [7, 11) is 0. The SMILES string of the molecule is Cc1cc(C)cc(C2COc3cc(O)ccc3C2c2ccc(N)cc2)c1. The molecule has 0 aromatic heterocycles. The number of hydrogen-bond acceptors (Lipinski definition) is 3. The molecule has 2 atom stereocenters. The highest BCUT2D eigenvalue weighted by atomic mass is 16.5. The Balaban J connectivity index is 1.87. The number of aryl methyl sites for hydroxylation is 2. The van der Waals surface area contributed by atoms with E-state index in [0.29, 0.717) is 6.61 Å². The van der Waals surface area contributed by atoms with Crippen LogP contribution in [-0.4, -0.2) is 11.7 Å². The van der Waals surface area contributed by atoms with Gasteiger partial charge in [-0.3, -0.25) is 0 Å². The number of fused-ring (bicyclic) bond motifs is 1. The maximum absolute atomic E-state index is 9.84. The van der Waals surface area contributed by atoms with Crippen molar-refractivity contribution in [2.75, 3.05) is 12.3 Å². The zero-order valence-electron chi connectivity index (χ0n) is 15.1. The number of phenolic OH excluding ortho intramolecular Hbond substituents is 1. The smallest absolute Gasteiger partial charge is 0.126 e. The molecule has 0 spiro atoms. The summed E-state index contributed by atoms with van der Waals surface area (Å²) in [4.78, 5) is 0. The van der Waals surface area contributed by atoms with Crippen LogP contribution in [0.5, 0.6) is 11.5 Å². The van der Waals surface area contributed by atoms with E-state index in [0.717, 1.165) is 17.0 Å². The van der Waals surface area contributed by atoms with Crippen LogP contribution in [0, 0.1) is 13.8 Å². The first-order valence-corrected chi connectivity index (χ1v) is 8.90. The fourth-order valence-corrected chi connectivity index (χ4v) is 4.03. The lowest BCUT2D eigenvalue weighted by molar-refractivity contribution is 0.247. The summed E-state index contributed by atoms with van der Waals surface area (Å²) in [6, 6.07) is 20.2. The average molecular weight is 345 g/mol. The fraction of sp³-hybridized carbons (Fsp3) is 0.217. The van der Waals surface area contributed by atoms with Gasteiger partial charge in [-0.15, -0.1) is 0 Å². The van der Waals surface area contributed by atoms with Gasteiger partial charge in [-0.25, -0.2) is 0 Å². The Morgan fingerprint density at radius 1 is 0.885 bits per heavy atom. The molecular formula is C23H23NO2. The van der Waals surface area contributed by atoms with Crippen molar-refractivity contribution >= 4 is 5.69 Å². The lowest BCUT2D eigenvalue weighted by Crippen LogP contribution is -2.25. The second kappa shape index (κ2) is 6.41. The van der Waals surface area contributed by atoms with Gasteiger partial charge in [0, 0.05) is 29.2 Å². The molecular weight excluding hydrogens is 322 g/mol. The largest absolute Gasteiger partial charge is 0.508 e. The number of nitrogen functional groups attached to an aromatic ring is 1. The highest BCUT2D eigenvalue weighted by molar-refractivity contribution is 5.52. The molecule has 3 aromatic rings. The molecule has 0 bridgehead atoms. The van der Waals surface area contributed by atoms with Gasteiger partial charge in [0.1, 0.15) is 11.5 Å². The van der Waals surface area contributed by atoms with Crippen molar-refractivity contribution in [3.8, 4) is 11.5 Å². The molecule has 0 radical (unpaired) electrons. The molecule has 0 saturated carbocycles. The molecule has 0 aliphatic carbocycles. The zero-order valence-corrected chi connectivity index (χ0v) is 15.1. The number of benzene rings is 3. The predicted molar refractivity (Wildman–Crippen MR) is 105 cm³/mol. The first-order chi connectivity index (χ1) is 12.5. The minimum Gasteiger partial charge on any atom is -0.508 e. The van der Waals surface area contributed by atoms with Crippen molar-refractivity contribution in [2.45, 2.75) is 25.7 Å². The zero-order chi connectivity index (χ0) is 18.3. The van der Waals surface area contributed by atoms with Crippen molar-refractivity contribution in [1.82, 2.24) is 0 Å². The summed E-state index contributed by atoms with van der Waals surface area (Å²) in [6.45, 7) is 4.84. The molecule has 1 aliphatic heterocycles. The van der Waals surface area contributed by atoms with Gasteiger partial charge in [0.15, 0.2) is 0 Å². The van der Waals surface area contributed by atoms with Crippen LogP contribution in [0.1, 0.15) is 39.7 Å². The highest BCUT2D eigenvalue weighted by Gasteiger charge is 2.33. The number of aromatic hydroxyl groups is 1. The summed E-state index contributed by atoms with van der Waals surface area (Å²) in [6.07, 6.45) is 0. The van der Waals surface area contributed by atoms with E-state index in [1.807, 2.05) is 18.2 Å². The molecule has 1 heterocycles. The normalized spacial score (nSPS) is 18.8. The second-order valence-corrected chi connectivity index (χ2v) is 7.21. The minimum absolute atomic E-state index is 0.154. The maximum atomic E-state index is 9.84. The second-order valence-electron chi connectivity index (χ2n) is 7.21. The number of phenols is 1. The third-order valence-corrected chi connectivity index (χ3v) is 5.12. The van der Waals surface area contributed by atoms with Gasteiger partial charge in [-0.1, -0.05) is 47.5 Å². The standard InChI is InChI=1S/C23H23NO2/c1-14-9-15(2)11-17(10-14)21-13-26-22-12-19(25)7-8-20(22)23(21)16-3-5-18(24)6-4-16/h3-12,21,23,25H,13,24H2,1-2H3. The third kappa shape index (κ3) is 3.01. The molecule has 26 heavy (non-hydrogen) atoms. The van der Waals surface area contributed by atoms with E-state index >= 15 is 0 Å². The number of anilines is 1. The quantitative estimate of drug-likeness (QED) is 0.650. The number of ether oxygens (including phenoxy) is 1. The van der Waals surface area contributed by atoms with Crippen LogP contribution in [0.15, 0.2) is 60.7 Å². The molecule has 1 aliphatic rings.